The van der Waals surface area contributed by atoms with Gasteiger partial charge in [-0.1, -0.05) is 37.6 Å². The summed E-state index contributed by atoms with van der Waals surface area (Å²) in [6.07, 6.45) is 3.89. The van der Waals surface area contributed by atoms with Gasteiger partial charge in [-0.3, -0.25) is 0 Å². The molecule has 26 heavy (non-hydrogen) atoms. The molecular formula is C22H25F3O. The fraction of sp³-hybridized carbons (Fsp3) is 0.455. The zero-order valence-electron chi connectivity index (χ0n) is 15.3. The molecule has 0 unspecified atom stereocenters. The number of ether oxygens (including phenoxy) is 1. The molecule has 2 aromatic carbocycles. The lowest BCUT2D eigenvalue weighted by atomic mass is 9.80. The van der Waals surface area contributed by atoms with E-state index < -0.39 is 17.8 Å². The van der Waals surface area contributed by atoms with Crippen molar-refractivity contribution in [3.8, 4) is 5.75 Å². The van der Waals surface area contributed by atoms with Gasteiger partial charge in [0.25, 0.3) is 0 Å². The van der Waals surface area contributed by atoms with Gasteiger partial charge in [0.1, 0.15) is 0 Å². The highest BCUT2D eigenvalue weighted by Gasteiger charge is 2.44. The summed E-state index contributed by atoms with van der Waals surface area (Å²) in [6.45, 7) is 3.99. The Morgan fingerprint density at radius 3 is 2.46 bits per heavy atom. The lowest BCUT2D eigenvalue weighted by Crippen LogP contribution is -2.37. The minimum atomic E-state index is -3.35. The summed E-state index contributed by atoms with van der Waals surface area (Å²) in [5, 5.41) is 1.34. The van der Waals surface area contributed by atoms with Crippen molar-refractivity contribution in [2.24, 2.45) is 11.8 Å². The van der Waals surface area contributed by atoms with Crippen LogP contribution < -0.4 is 4.74 Å². The molecule has 1 aliphatic carbocycles. The highest BCUT2D eigenvalue weighted by Crippen LogP contribution is 2.41. The van der Waals surface area contributed by atoms with Gasteiger partial charge in [0.2, 0.25) is 0 Å². The zero-order chi connectivity index (χ0) is 18.7. The van der Waals surface area contributed by atoms with Gasteiger partial charge in [0, 0.05) is 0 Å². The van der Waals surface area contributed by atoms with Crippen molar-refractivity contribution in [1.29, 1.82) is 0 Å². The van der Waals surface area contributed by atoms with Crippen LogP contribution in [0.4, 0.5) is 13.2 Å². The van der Waals surface area contributed by atoms with Gasteiger partial charge >= 0.3 is 6.11 Å². The van der Waals surface area contributed by atoms with Crippen molar-refractivity contribution in [3.05, 3.63) is 47.8 Å². The van der Waals surface area contributed by atoms with Gasteiger partial charge in [-0.25, -0.2) is 4.39 Å². The van der Waals surface area contributed by atoms with E-state index in [9.17, 15) is 13.2 Å². The standard InChI is InChI=1S/C22H25F3O/c1-3-5-16-6-9-17-14-21(20(23)13-18(17)12-16)26-22(24,25)19-10-7-15(4-2)8-11-19/h3,5-6,9,12-15,19H,4,7-8,10-11H2,1-2H3/b5-3+. The molecule has 2 aromatic rings. The molecule has 0 heterocycles. The Morgan fingerprint density at radius 2 is 1.81 bits per heavy atom. The highest BCUT2D eigenvalue weighted by atomic mass is 19.3. The van der Waals surface area contributed by atoms with Crippen molar-refractivity contribution >= 4 is 16.8 Å². The molecular weight excluding hydrogens is 337 g/mol. The summed E-state index contributed by atoms with van der Waals surface area (Å²) >= 11 is 0. The number of hydrogen-bond acceptors (Lipinski definition) is 1. The molecule has 0 amide bonds. The van der Waals surface area contributed by atoms with Crippen LogP contribution >= 0.6 is 0 Å². The third kappa shape index (κ3) is 4.05. The SMILES string of the molecule is C/C=C/c1ccc2cc(OC(F)(F)C3CCC(CC)CC3)c(F)cc2c1. The van der Waals surface area contributed by atoms with Gasteiger partial charge < -0.3 is 4.74 Å². The van der Waals surface area contributed by atoms with Gasteiger partial charge in [-0.05, 0) is 73.1 Å². The first-order chi connectivity index (χ1) is 12.4. The molecule has 140 valence electrons. The van der Waals surface area contributed by atoms with E-state index in [0.717, 1.165) is 24.8 Å². The molecule has 3 rings (SSSR count). The van der Waals surface area contributed by atoms with Crippen LogP contribution in [0.3, 0.4) is 0 Å². The molecule has 4 heteroatoms. The van der Waals surface area contributed by atoms with Crippen LogP contribution in [0.1, 0.15) is 51.5 Å². The second kappa shape index (κ2) is 7.73. The largest absolute Gasteiger partial charge is 0.429 e. The minimum absolute atomic E-state index is 0.376. The average Bonchev–Trinajstić information content (AvgIpc) is 2.62. The van der Waals surface area contributed by atoms with E-state index in [1.54, 1.807) is 6.07 Å². The summed E-state index contributed by atoms with van der Waals surface area (Å²) in [6, 6.07) is 8.12. The van der Waals surface area contributed by atoms with Crippen molar-refractivity contribution in [1.82, 2.24) is 0 Å². The Morgan fingerprint density at radius 1 is 1.08 bits per heavy atom. The van der Waals surface area contributed by atoms with Crippen molar-refractivity contribution in [2.45, 2.75) is 52.1 Å². The van der Waals surface area contributed by atoms with Gasteiger partial charge in [0.15, 0.2) is 11.6 Å². The van der Waals surface area contributed by atoms with Crippen LogP contribution in [0.25, 0.3) is 16.8 Å². The predicted molar refractivity (Wildman–Crippen MR) is 99.9 cm³/mol. The van der Waals surface area contributed by atoms with E-state index in [0.29, 0.717) is 29.5 Å². The lowest BCUT2D eigenvalue weighted by Gasteiger charge is -2.33. The average molecular weight is 362 g/mol. The van der Waals surface area contributed by atoms with E-state index in [1.807, 2.05) is 31.2 Å². The minimum Gasteiger partial charge on any atom is -0.429 e. The van der Waals surface area contributed by atoms with Gasteiger partial charge in [-0.15, -0.1) is 0 Å². The maximum Gasteiger partial charge on any atom is 0.400 e. The molecule has 0 spiro atoms. The Hall–Kier alpha value is -1.97. The van der Waals surface area contributed by atoms with E-state index in [2.05, 4.69) is 6.92 Å². The van der Waals surface area contributed by atoms with Crippen molar-refractivity contribution < 1.29 is 17.9 Å². The Bertz CT molecular complexity index is 789. The Balaban J connectivity index is 1.81. The number of allylic oxidation sites excluding steroid dienone is 1. The third-order valence-electron chi connectivity index (χ3n) is 5.42. The maximum absolute atomic E-state index is 14.6. The van der Waals surface area contributed by atoms with E-state index in [1.165, 1.54) is 12.1 Å². The van der Waals surface area contributed by atoms with Crippen LogP contribution in [0, 0.1) is 17.7 Å². The second-order valence-electron chi connectivity index (χ2n) is 7.18. The second-order valence-corrected chi connectivity index (χ2v) is 7.18. The lowest BCUT2D eigenvalue weighted by molar-refractivity contribution is -0.224. The number of rotatable bonds is 5. The molecule has 1 nitrogen and oxygen atoms in total. The van der Waals surface area contributed by atoms with E-state index in [-0.39, 0.29) is 5.75 Å². The first-order valence-electron chi connectivity index (χ1n) is 9.35. The highest BCUT2D eigenvalue weighted by molar-refractivity contribution is 5.86. The molecule has 0 atom stereocenters. The molecule has 0 aromatic heterocycles. The summed E-state index contributed by atoms with van der Waals surface area (Å²) in [5.41, 5.74) is 0.936. The summed E-state index contributed by atoms with van der Waals surface area (Å²) in [7, 11) is 0. The Kier molecular flexibility index (Phi) is 5.59. The Labute approximate surface area is 152 Å². The number of benzene rings is 2. The quantitative estimate of drug-likeness (QED) is 0.546. The number of alkyl halides is 2. The number of halogens is 3. The molecule has 0 N–H and O–H groups in total. The number of fused-ring (bicyclic) bond motifs is 1. The van der Waals surface area contributed by atoms with Crippen LogP contribution in [0.15, 0.2) is 36.4 Å². The summed E-state index contributed by atoms with van der Waals surface area (Å²) in [5.74, 6) is -1.46. The fourth-order valence-electron chi connectivity index (χ4n) is 3.78. The van der Waals surface area contributed by atoms with Crippen LogP contribution in [0.2, 0.25) is 0 Å². The molecule has 0 radical (unpaired) electrons. The molecule has 0 bridgehead atoms. The monoisotopic (exact) mass is 362 g/mol. The van der Waals surface area contributed by atoms with Gasteiger partial charge in [0.05, 0.1) is 5.92 Å². The fourth-order valence-corrected chi connectivity index (χ4v) is 3.78. The normalized spacial score (nSPS) is 21.4. The molecule has 0 aliphatic heterocycles. The third-order valence-corrected chi connectivity index (χ3v) is 5.42. The van der Waals surface area contributed by atoms with Crippen LogP contribution in [-0.2, 0) is 0 Å². The van der Waals surface area contributed by atoms with Crippen LogP contribution in [-0.4, -0.2) is 6.11 Å². The van der Waals surface area contributed by atoms with Crippen LogP contribution in [0.5, 0.6) is 5.75 Å². The summed E-state index contributed by atoms with van der Waals surface area (Å²) in [4.78, 5) is 0. The van der Waals surface area contributed by atoms with Crippen molar-refractivity contribution in [2.75, 3.05) is 0 Å². The smallest absolute Gasteiger partial charge is 0.400 e. The zero-order valence-corrected chi connectivity index (χ0v) is 15.3. The maximum atomic E-state index is 14.6. The first-order valence-corrected chi connectivity index (χ1v) is 9.35. The van der Waals surface area contributed by atoms with E-state index in [4.69, 9.17) is 4.74 Å². The molecule has 1 aliphatic rings. The molecule has 1 fully saturated rings. The van der Waals surface area contributed by atoms with E-state index >= 15 is 0 Å². The summed E-state index contributed by atoms with van der Waals surface area (Å²) < 4.78 is 48.4. The number of hydrogen-bond donors (Lipinski definition) is 0. The van der Waals surface area contributed by atoms with Gasteiger partial charge in [-0.2, -0.15) is 8.78 Å². The van der Waals surface area contributed by atoms with Crippen molar-refractivity contribution in [3.63, 3.8) is 0 Å². The predicted octanol–water partition coefficient (Wildman–Crippen LogP) is 7.20. The molecule has 1 saturated carbocycles. The topological polar surface area (TPSA) is 9.23 Å². The molecule has 0 saturated heterocycles. The first kappa shape index (κ1) is 18.8.